The third-order valence-corrected chi connectivity index (χ3v) is 5.65. The van der Waals surface area contributed by atoms with Gasteiger partial charge in [0.25, 0.3) is 0 Å². The zero-order valence-electron chi connectivity index (χ0n) is 18.5. The third kappa shape index (κ3) is 3.81. The van der Waals surface area contributed by atoms with Crippen molar-refractivity contribution in [2.75, 3.05) is 27.2 Å². The van der Waals surface area contributed by atoms with Crippen LogP contribution in [-0.4, -0.2) is 51.7 Å². The molecule has 0 unspecified atom stereocenters. The normalized spacial score (nSPS) is 11.5. The van der Waals surface area contributed by atoms with Crippen molar-refractivity contribution in [3.63, 3.8) is 0 Å². The molecular formula is C26H25N5O. The summed E-state index contributed by atoms with van der Waals surface area (Å²) in [7, 11) is 4.04. The standard InChI is InChI=1S/C26H25N5O/c1-18-8-10-23(22-7-5-4-6-21(18)22)24-16-29-31-17-20(15-28-26(24)31)19-9-11-25(27-14-19)32-13-12-30(2)3/h4-11,14-17H,12-13H2,1-3H3. The molecule has 0 spiro atoms. The van der Waals surface area contributed by atoms with Crippen molar-refractivity contribution in [2.45, 2.75) is 6.92 Å². The van der Waals surface area contributed by atoms with Crippen molar-refractivity contribution in [2.24, 2.45) is 0 Å². The largest absolute Gasteiger partial charge is 0.476 e. The molecule has 0 amide bonds. The average Bonchev–Trinajstić information content (AvgIpc) is 3.23. The van der Waals surface area contributed by atoms with Gasteiger partial charge in [-0.1, -0.05) is 36.4 Å². The molecule has 6 heteroatoms. The quantitative estimate of drug-likeness (QED) is 0.390. The molecule has 0 bridgehead atoms. The molecule has 0 N–H and O–H groups in total. The summed E-state index contributed by atoms with van der Waals surface area (Å²) in [5.74, 6) is 0.622. The van der Waals surface area contributed by atoms with E-state index in [0.29, 0.717) is 12.5 Å². The summed E-state index contributed by atoms with van der Waals surface area (Å²) in [6, 6.07) is 16.7. The number of hydrogen-bond acceptors (Lipinski definition) is 5. The molecule has 0 atom stereocenters. The second-order valence-electron chi connectivity index (χ2n) is 8.18. The predicted molar refractivity (Wildman–Crippen MR) is 128 cm³/mol. The first-order valence-electron chi connectivity index (χ1n) is 10.7. The van der Waals surface area contributed by atoms with Crippen LogP contribution in [0.5, 0.6) is 5.88 Å². The fourth-order valence-corrected chi connectivity index (χ4v) is 3.87. The molecule has 6 nitrogen and oxygen atoms in total. The number of aromatic nitrogens is 4. The smallest absolute Gasteiger partial charge is 0.213 e. The van der Waals surface area contributed by atoms with Gasteiger partial charge in [-0.2, -0.15) is 5.10 Å². The van der Waals surface area contributed by atoms with Crippen molar-refractivity contribution >= 4 is 16.4 Å². The lowest BCUT2D eigenvalue weighted by molar-refractivity contribution is 0.254. The van der Waals surface area contributed by atoms with E-state index in [-0.39, 0.29) is 0 Å². The minimum absolute atomic E-state index is 0.608. The van der Waals surface area contributed by atoms with E-state index in [2.05, 4.69) is 58.3 Å². The monoisotopic (exact) mass is 423 g/mol. The number of nitrogens with zero attached hydrogens (tertiary/aromatic N) is 5. The van der Waals surface area contributed by atoms with E-state index in [9.17, 15) is 0 Å². The van der Waals surface area contributed by atoms with Crippen LogP contribution in [0.15, 0.2) is 73.3 Å². The molecule has 0 radical (unpaired) electrons. The Hall–Kier alpha value is -3.77. The molecule has 0 saturated heterocycles. The topological polar surface area (TPSA) is 55.6 Å². The SMILES string of the molecule is Cc1ccc(-c2cnn3cc(-c4ccc(OCCN(C)C)nc4)cnc23)c2ccccc12. The van der Waals surface area contributed by atoms with Gasteiger partial charge in [-0.05, 0) is 49.0 Å². The van der Waals surface area contributed by atoms with Crippen LogP contribution in [0.3, 0.4) is 0 Å². The number of hydrogen-bond donors (Lipinski definition) is 0. The van der Waals surface area contributed by atoms with Crippen LogP contribution in [0, 0.1) is 6.92 Å². The molecule has 3 aromatic heterocycles. The van der Waals surface area contributed by atoms with Gasteiger partial charge >= 0.3 is 0 Å². The van der Waals surface area contributed by atoms with Crippen molar-refractivity contribution in [3.8, 4) is 28.1 Å². The van der Waals surface area contributed by atoms with Crippen LogP contribution in [-0.2, 0) is 0 Å². The molecule has 0 saturated carbocycles. The van der Waals surface area contributed by atoms with E-state index in [1.54, 1.807) is 0 Å². The van der Waals surface area contributed by atoms with E-state index in [1.165, 1.54) is 16.3 Å². The number of likely N-dealkylation sites (N-methyl/N-ethyl adjacent to an activating group) is 1. The fourth-order valence-electron chi connectivity index (χ4n) is 3.87. The Kier molecular flexibility index (Phi) is 5.29. The number of fused-ring (bicyclic) bond motifs is 2. The summed E-state index contributed by atoms with van der Waals surface area (Å²) < 4.78 is 7.52. The number of aryl methyl sites for hydroxylation is 1. The van der Waals surface area contributed by atoms with E-state index in [4.69, 9.17) is 9.72 Å². The summed E-state index contributed by atoms with van der Waals surface area (Å²) in [6.07, 6.45) is 7.57. The molecule has 2 aromatic carbocycles. The number of pyridine rings is 1. The molecule has 0 aliphatic rings. The number of ether oxygens (including phenoxy) is 1. The van der Waals surface area contributed by atoms with Gasteiger partial charge in [-0.15, -0.1) is 0 Å². The maximum absolute atomic E-state index is 5.69. The van der Waals surface area contributed by atoms with Crippen LogP contribution in [0.2, 0.25) is 0 Å². The van der Waals surface area contributed by atoms with Crippen molar-refractivity contribution in [1.82, 2.24) is 24.5 Å². The number of benzene rings is 2. The highest BCUT2D eigenvalue weighted by Gasteiger charge is 2.13. The van der Waals surface area contributed by atoms with Crippen molar-refractivity contribution in [1.29, 1.82) is 0 Å². The van der Waals surface area contributed by atoms with E-state index < -0.39 is 0 Å². The fraction of sp³-hybridized carbons (Fsp3) is 0.192. The van der Waals surface area contributed by atoms with Gasteiger partial charge in [-0.3, -0.25) is 0 Å². The molecule has 5 rings (SSSR count). The maximum atomic E-state index is 5.69. The van der Waals surface area contributed by atoms with Gasteiger partial charge in [0.05, 0.1) is 6.20 Å². The Bertz CT molecular complexity index is 1390. The Labute approximate surface area is 187 Å². The highest BCUT2D eigenvalue weighted by atomic mass is 16.5. The van der Waals surface area contributed by atoms with Gasteiger partial charge in [-0.25, -0.2) is 14.5 Å². The Morgan fingerprint density at radius 2 is 1.66 bits per heavy atom. The zero-order valence-corrected chi connectivity index (χ0v) is 18.5. The first kappa shape index (κ1) is 20.2. The molecule has 3 heterocycles. The lowest BCUT2D eigenvalue weighted by atomic mass is 9.97. The van der Waals surface area contributed by atoms with E-state index >= 15 is 0 Å². The van der Waals surface area contributed by atoms with Gasteiger partial charge in [0, 0.05) is 47.9 Å². The predicted octanol–water partition coefficient (Wildman–Crippen LogP) is 4.86. The minimum Gasteiger partial charge on any atom is -0.476 e. The van der Waals surface area contributed by atoms with Gasteiger partial charge in [0.15, 0.2) is 5.65 Å². The average molecular weight is 424 g/mol. The summed E-state index contributed by atoms with van der Waals surface area (Å²) in [5.41, 5.74) is 6.18. The first-order valence-corrected chi connectivity index (χ1v) is 10.7. The Morgan fingerprint density at radius 3 is 2.44 bits per heavy atom. The Morgan fingerprint density at radius 1 is 0.844 bits per heavy atom. The van der Waals surface area contributed by atoms with Crippen LogP contribution in [0.1, 0.15) is 5.56 Å². The highest BCUT2D eigenvalue weighted by Crippen LogP contribution is 2.33. The van der Waals surface area contributed by atoms with Crippen LogP contribution in [0.25, 0.3) is 38.7 Å². The second-order valence-corrected chi connectivity index (χ2v) is 8.18. The maximum Gasteiger partial charge on any atom is 0.213 e. The summed E-state index contributed by atoms with van der Waals surface area (Å²) >= 11 is 0. The zero-order chi connectivity index (χ0) is 22.1. The van der Waals surface area contributed by atoms with Crippen LogP contribution < -0.4 is 4.74 Å². The third-order valence-electron chi connectivity index (χ3n) is 5.65. The van der Waals surface area contributed by atoms with Crippen molar-refractivity contribution in [3.05, 3.63) is 78.9 Å². The minimum atomic E-state index is 0.608. The first-order chi connectivity index (χ1) is 15.6. The Balaban J connectivity index is 1.46. The van der Waals surface area contributed by atoms with Gasteiger partial charge < -0.3 is 9.64 Å². The summed E-state index contributed by atoms with van der Waals surface area (Å²) in [6.45, 7) is 3.60. The van der Waals surface area contributed by atoms with Gasteiger partial charge in [0.2, 0.25) is 5.88 Å². The molecule has 0 fully saturated rings. The van der Waals surface area contributed by atoms with Crippen LogP contribution >= 0.6 is 0 Å². The van der Waals surface area contributed by atoms with E-state index in [0.717, 1.165) is 34.4 Å². The molecule has 32 heavy (non-hydrogen) atoms. The summed E-state index contributed by atoms with van der Waals surface area (Å²) in [5, 5.41) is 7.05. The molecule has 0 aliphatic heterocycles. The highest BCUT2D eigenvalue weighted by molar-refractivity contribution is 6.01. The molecule has 160 valence electrons. The van der Waals surface area contributed by atoms with Crippen LogP contribution in [0.4, 0.5) is 0 Å². The van der Waals surface area contributed by atoms with Gasteiger partial charge in [0.1, 0.15) is 6.61 Å². The lowest BCUT2D eigenvalue weighted by Crippen LogP contribution is -2.19. The number of rotatable bonds is 6. The van der Waals surface area contributed by atoms with E-state index in [1.807, 2.05) is 55.5 Å². The lowest BCUT2D eigenvalue weighted by Gasteiger charge is -2.10. The van der Waals surface area contributed by atoms with Crippen molar-refractivity contribution < 1.29 is 4.74 Å². The summed E-state index contributed by atoms with van der Waals surface area (Å²) in [4.78, 5) is 11.3. The second kappa shape index (κ2) is 8.40. The molecule has 5 aromatic rings. The molecule has 0 aliphatic carbocycles. The molecular weight excluding hydrogens is 398 g/mol.